The molecule has 29 heavy (non-hydrogen) atoms. The molecule has 0 spiro atoms. The number of rotatable bonds is 6. The number of aliphatic hydroxyl groups excluding tert-OH is 1. The smallest absolute Gasteiger partial charge is 0.411 e. The highest BCUT2D eigenvalue weighted by atomic mass is 32.2. The molecule has 1 saturated heterocycles. The Bertz CT molecular complexity index is 919. The predicted molar refractivity (Wildman–Crippen MR) is 110 cm³/mol. The van der Waals surface area contributed by atoms with Crippen LogP contribution >= 0.6 is 0 Å². The summed E-state index contributed by atoms with van der Waals surface area (Å²) in [6, 6.07) is 14.0. The second kappa shape index (κ2) is 9.39. The van der Waals surface area contributed by atoms with Crippen LogP contribution in [0.2, 0.25) is 0 Å². The SMILES string of the molecule is Cc1ccc(S(=O)(=O)N2CCC(OC(=O)Nc3ccc(CCO)cc3)CC2)cc1. The molecule has 3 rings (SSSR count). The molecule has 1 aliphatic rings. The number of aliphatic hydroxyl groups is 1. The van der Waals surface area contributed by atoms with E-state index in [4.69, 9.17) is 9.84 Å². The van der Waals surface area contributed by atoms with Crippen molar-refractivity contribution in [1.82, 2.24) is 4.31 Å². The topological polar surface area (TPSA) is 95.9 Å². The molecule has 1 fully saturated rings. The highest BCUT2D eigenvalue weighted by Crippen LogP contribution is 2.23. The molecule has 2 N–H and O–H groups in total. The molecule has 0 radical (unpaired) electrons. The molecule has 0 aromatic heterocycles. The van der Waals surface area contributed by atoms with Gasteiger partial charge in [0.25, 0.3) is 0 Å². The van der Waals surface area contributed by atoms with Crippen molar-refractivity contribution in [2.45, 2.75) is 37.2 Å². The maximum absolute atomic E-state index is 12.7. The molecule has 156 valence electrons. The minimum absolute atomic E-state index is 0.0765. The lowest BCUT2D eigenvalue weighted by Crippen LogP contribution is -2.41. The molecule has 2 aromatic rings. The van der Waals surface area contributed by atoms with E-state index in [1.807, 2.05) is 19.1 Å². The van der Waals surface area contributed by atoms with Gasteiger partial charge in [-0.15, -0.1) is 0 Å². The van der Waals surface area contributed by atoms with Crippen LogP contribution in [-0.2, 0) is 21.2 Å². The molecule has 1 amide bonds. The summed E-state index contributed by atoms with van der Waals surface area (Å²) in [6.07, 6.45) is 0.587. The van der Waals surface area contributed by atoms with E-state index >= 15 is 0 Å². The van der Waals surface area contributed by atoms with E-state index in [-0.39, 0.29) is 17.6 Å². The van der Waals surface area contributed by atoms with Gasteiger partial charge in [-0.25, -0.2) is 13.2 Å². The van der Waals surface area contributed by atoms with Gasteiger partial charge in [0.1, 0.15) is 6.10 Å². The normalized spacial score (nSPS) is 15.8. The van der Waals surface area contributed by atoms with Gasteiger partial charge in [-0.1, -0.05) is 29.8 Å². The van der Waals surface area contributed by atoms with Crippen molar-refractivity contribution in [3.05, 3.63) is 59.7 Å². The summed E-state index contributed by atoms with van der Waals surface area (Å²) >= 11 is 0. The molecule has 2 aromatic carbocycles. The summed E-state index contributed by atoms with van der Waals surface area (Å²) in [6.45, 7) is 2.61. The number of amides is 1. The Morgan fingerprint density at radius 2 is 1.72 bits per heavy atom. The lowest BCUT2D eigenvalue weighted by molar-refractivity contribution is 0.0774. The number of sulfonamides is 1. The van der Waals surface area contributed by atoms with Gasteiger partial charge in [0.2, 0.25) is 10.0 Å². The standard InChI is InChI=1S/C21H26N2O5S/c1-16-2-8-20(9-3-16)29(26,27)23-13-10-19(11-14-23)28-21(25)22-18-6-4-17(5-7-18)12-15-24/h2-9,19,24H,10-15H2,1H3,(H,22,25). The Morgan fingerprint density at radius 1 is 1.10 bits per heavy atom. The van der Waals surface area contributed by atoms with Crippen molar-refractivity contribution in [2.75, 3.05) is 25.0 Å². The first-order valence-electron chi connectivity index (χ1n) is 9.63. The maximum atomic E-state index is 12.7. The largest absolute Gasteiger partial charge is 0.446 e. The number of piperidine rings is 1. The number of hydrogen-bond donors (Lipinski definition) is 2. The number of ether oxygens (including phenoxy) is 1. The molecule has 0 saturated carbocycles. The molecule has 0 bridgehead atoms. The lowest BCUT2D eigenvalue weighted by atomic mass is 10.1. The summed E-state index contributed by atoms with van der Waals surface area (Å²) in [7, 11) is -3.53. The van der Waals surface area contributed by atoms with Gasteiger partial charge in [-0.05, 0) is 56.0 Å². The molecule has 0 aliphatic carbocycles. The molecule has 1 heterocycles. The number of aryl methyl sites for hydroxylation is 1. The zero-order valence-electron chi connectivity index (χ0n) is 16.4. The molecule has 1 aliphatic heterocycles. The highest BCUT2D eigenvalue weighted by molar-refractivity contribution is 7.89. The Balaban J connectivity index is 1.50. The Morgan fingerprint density at radius 3 is 2.31 bits per heavy atom. The fourth-order valence-corrected chi connectivity index (χ4v) is 4.70. The van der Waals surface area contributed by atoms with E-state index in [0.29, 0.717) is 38.0 Å². The predicted octanol–water partition coefficient (Wildman–Crippen LogP) is 2.93. The second-order valence-electron chi connectivity index (χ2n) is 7.12. The number of carbonyl (C=O) groups is 1. The van der Waals surface area contributed by atoms with Crippen molar-refractivity contribution in [1.29, 1.82) is 0 Å². The van der Waals surface area contributed by atoms with Gasteiger partial charge in [0.15, 0.2) is 0 Å². The van der Waals surface area contributed by atoms with Crippen LogP contribution in [-0.4, -0.2) is 49.7 Å². The van der Waals surface area contributed by atoms with E-state index in [1.165, 1.54) is 4.31 Å². The van der Waals surface area contributed by atoms with E-state index in [0.717, 1.165) is 11.1 Å². The number of carbonyl (C=O) groups excluding carboxylic acids is 1. The highest BCUT2D eigenvalue weighted by Gasteiger charge is 2.30. The first-order chi connectivity index (χ1) is 13.9. The van der Waals surface area contributed by atoms with Crippen LogP contribution in [0.4, 0.5) is 10.5 Å². The monoisotopic (exact) mass is 418 g/mol. The first kappa shape index (κ1) is 21.3. The van der Waals surface area contributed by atoms with Gasteiger partial charge >= 0.3 is 6.09 Å². The minimum Gasteiger partial charge on any atom is -0.446 e. The summed E-state index contributed by atoms with van der Waals surface area (Å²) in [4.78, 5) is 12.4. The fraction of sp³-hybridized carbons (Fsp3) is 0.381. The number of hydrogen-bond acceptors (Lipinski definition) is 5. The van der Waals surface area contributed by atoms with Gasteiger partial charge in [-0.3, -0.25) is 5.32 Å². The van der Waals surface area contributed by atoms with E-state index < -0.39 is 16.1 Å². The zero-order chi connectivity index (χ0) is 20.9. The molecule has 8 heteroatoms. The quantitative estimate of drug-likeness (QED) is 0.752. The van der Waals surface area contributed by atoms with Crippen molar-refractivity contribution in [3.63, 3.8) is 0 Å². The molecular weight excluding hydrogens is 392 g/mol. The van der Waals surface area contributed by atoms with E-state index in [9.17, 15) is 13.2 Å². The third-order valence-corrected chi connectivity index (χ3v) is 6.85. The average molecular weight is 419 g/mol. The lowest BCUT2D eigenvalue weighted by Gasteiger charge is -2.30. The summed E-state index contributed by atoms with van der Waals surface area (Å²) in [5, 5.41) is 11.6. The summed E-state index contributed by atoms with van der Waals surface area (Å²) in [5.41, 5.74) is 2.59. The fourth-order valence-electron chi connectivity index (χ4n) is 3.23. The molecular formula is C21H26N2O5S. The van der Waals surface area contributed by atoms with Crippen LogP contribution in [0.15, 0.2) is 53.4 Å². The molecule has 7 nitrogen and oxygen atoms in total. The van der Waals surface area contributed by atoms with Crippen molar-refractivity contribution in [2.24, 2.45) is 0 Å². The van der Waals surface area contributed by atoms with Crippen LogP contribution in [0, 0.1) is 6.92 Å². The van der Waals surface area contributed by atoms with Gasteiger partial charge in [0, 0.05) is 25.4 Å². The average Bonchev–Trinajstić information content (AvgIpc) is 2.70. The van der Waals surface area contributed by atoms with Crippen LogP contribution in [0.25, 0.3) is 0 Å². The van der Waals surface area contributed by atoms with Gasteiger partial charge < -0.3 is 9.84 Å². The van der Waals surface area contributed by atoms with Gasteiger partial charge in [-0.2, -0.15) is 4.31 Å². The minimum atomic E-state index is -3.53. The molecule has 0 atom stereocenters. The Kier molecular flexibility index (Phi) is 6.89. The third-order valence-electron chi connectivity index (χ3n) is 4.93. The van der Waals surface area contributed by atoms with Crippen LogP contribution < -0.4 is 5.32 Å². The second-order valence-corrected chi connectivity index (χ2v) is 9.06. The number of anilines is 1. The van der Waals surface area contributed by atoms with Crippen LogP contribution in [0.5, 0.6) is 0 Å². The molecule has 0 unspecified atom stereocenters. The third kappa shape index (κ3) is 5.56. The number of nitrogens with zero attached hydrogens (tertiary/aromatic N) is 1. The first-order valence-corrected chi connectivity index (χ1v) is 11.1. The van der Waals surface area contributed by atoms with Crippen LogP contribution in [0.1, 0.15) is 24.0 Å². The van der Waals surface area contributed by atoms with Gasteiger partial charge in [0.05, 0.1) is 4.90 Å². The van der Waals surface area contributed by atoms with Crippen molar-refractivity contribution < 1.29 is 23.1 Å². The van der Waals surface area contributed by atoms with Crippen molar-refractivity contribution in [3.8, 4) is 0 Å². The summed E-state index contributed by atoms with van der Waals surface area (Å²) < 4.78 is 32.3. The van der Waals surface area contributed by atoms with E-state index in [1.54, 1.807) is 36.4 Å². The number of benzene rings is 2. The van der Waals surface area contributed by atoms with E-state index in [2.05, 4.69) is 5.32 Å². The summed E-state index contributed by atoms with van der Waals surface area (Å²) in [5.74, 6) is 0. The Labute approximate surface area is 171 Å². The number of nitrogens with one attached hydrogen (secondary N) is 1. The maximum Gasteiger partial charge on any atom is 0.411 e. The Hall–Kier alpha value is -2.42. The zero-order valence-corrected chi connectivity index (χ0v) is 17.2. The van der Waals surface area contributed by atoms with Crippen molar-refractivity contribution >= 4 is 21.8 Å². The van der Waals surface area contributed by atoms with Crippen LogP contribution in [0.3, 0.4) is 0 Å².